The van der Waals surface area contributed by atoms with E-state index >= 15 is 0 Å². The molecule has 0 aromatic heterocycles. The molecule has 0 spiro atoms. The van der Waals surface area contributed by atoms with Crippen molar-refractivity contribution >= 4 is 51.2 Å². The summed E-state index contributed by atoms with van der Waals surface area (Å²) in [5, 5.41) is 1.83. The summed E-state index contributed by atoms with van der Waals surface area (Å²) in [7, 11) is -14.8. The van der Waals surface area contributed by atoms with Gasteiger partial charge < -0.3 is 33.5 Å². The van der Waals surface area contributed by atoms with Gasteiger partial charge in [-0.3, -0.25) is 18.6 Å². The summed E-state index contributed by atoms with van der Waals surface area (Å²) in [6.07, 6.45) is 36.0. The number of anilines is 1. The number of unbranched alkanes of at least 4 members (excludes halogenated alkanes) is 24. The maximum atomic E-state index is 14.0. The molecule has 2 atom stereocenters. The zero-order valence-corrected chi connectivity index (χ0v) is 61.1. The SMILES string of the molecule is CCCCCCCCCCCCCCCC(=O)OCC(COP(=O)(O)OCCNS(=O)(=O)c1ccc(C2=c3cc4c5c(c3Oc3c2cc2c6c3CCCN6CCC2)CCC[N+]=5CCC4)c(S(=O)(=O)[O-])c1)OC(=O)CCCCCCCCCCCCCCC.CCN(CC)CC. The first kappa shape index (κ1) is 78.1. The molecule has 0 fully saturated rings. The van der Waals surface area contributed by atoms with Crippen LogP contribution in [0.25, 0.3) is 5.57 Å². The molecule has 534 valence electrons. The Hall–Kier alpha value is -4.24. The highest BCUT2D eigenvalue weighted by Gasteiger charge is 2.37. The number of hydrogen-bond acceptors (Lipinski definition) is 15. The van der Waals surface area contributed by atoms with Crippen LogP contribution in [0.2, 0.25) is 0 Å². The Kier molecular flexibility index (Phi) is 33.5. The molecule has 0 saturated carbocycles. The number of aryl methyl sites for hydroxylation is 2. The Morgan fingerprint density at radius 1 is 0.632 bits per heavy atom. The number of carbonyl (C=O) groups is 2. The maximum absolute atomic E-state index is 14.0. The van der Waals surface area contributed by atoms with Gasteiger partial charge in [0.25, 0.3) is 0 Å². The maximum Gasteiger partial charge on any atom is 0.472 e. The number of rotatable bonds is 45. The van der Waals surface area contributed by atoms with Gasteiger partial charge in [0.2, 0.25) is 15.4 Å². The Morgan fingerprint density at radius 2 is 1.16 bits per heavy atom. The normalized spacial score (nSPS) is 15.8. The second-order valence-electron chi connectivity index (χ2n) is 26.9. The molecule has 2 N–H and O–H groups in total. The summed E-state index contributed by atoms with van der Waals surface area (Å²) < 4.78 is 115. The van der Waals surface area contributed by atoms with Gasteiger partial charge in [0.15, 0.2) is 6.10 Å². The minimum absolute atomic E-state index is 0.0702. The van der Waals surface area contributed by atoms with Crippen molar-refractivity contribution in [2.24, 2.45) is 0 Å². The summed E-state index contributed by atoms with van der Waals surface area (Å²) in [6.45, 7) is 16.0. The number of carbonyl (C=O) groups excluding carboxylic acids is 2. The van der Waals surface area contributed by atoms with Crippen molar-refractivity contribution in [2.75, 3.05) is 77.1 Å². The molecule has 5 aliphatic heterocycles. The molecule has 0 amide bonds. The topological polar surface area (TPSA) is 230 Å². The van der Waals surface area contributed by atoms with Crippen LogP contribution in [-0.4, -0.2) is 121 Å². The number of esters is 2. The van der Waals surface area contributed by atoms with E-state index in [-0.39, 0.29) is 18.4 Å². The van der Waals surface area contributed by atoms with Crippen molar-refractivity contribution in [1.82, 2.24) is 14.2 Å². The summed E-state index contributed by atoms with van der Waals surface area (Å²) in [5.74, 6) is 0.242. The van der Waals surface area contributed by atoms with E-state index in [1.54, 1.807) is 0 Å². The van der Waals surface area contributed by atoms with Crippen LogP contribution < -0.4 is 29.5 Å². The van der Waals surface area contributed by atoms with Gasteiger partial charge >= 0.3 is 19.8 Å². The van der Waals surface area contributed by atoms with Crippen molar-refractivity contribution in [2.45, 2.75) is 282 Å². The number of benzene rings is 3. The smallest absolute Gasteiger partial charge is 0.472 e. The van der Waals surface area contributed by atoms with Crippen molar-refractivity contribution in [3.8, 4) is 11.5 Å². The van der Waals surface area contributed by atoms with Gasteiger partial charge in [-0.1, -0.05) is 195 Å². The largest absolute Gasteiger partial charge is 0.744 e. The van der Waals surface area contributed by atoms with E-state index in [2.05, 4.69) is 65.8 Å². The van der Waals surface area contributed by atoms with Crippen LogP contribution in [0.3, 0.4) is 0 Å². The standard InChI is InChI=1S/C68H102N3O14PS2.C6H15N/c1-3-5-7-9-11-13-15-17-19-21-23-25-27-37-62(72)81-50-54(84-63(73)38-28-26-24-22-20-18-16-14-12-10-8-6-4-2)51-83-86(74,75)82-46-41-69-87(76,77)55-39-40-56(61(49-55)88(78,79)80)64-59-47-52-33-29-42-70-44-31-35-57(65(52)70)67(59)85-68-58-36-32-45-71-43-30-34-53(66(58)71)48-60(64)68;1-4-7(5-2)6-3/h39-40,47-49,54,69H,3-38,41-46,50-51H2,1-2H3,(H-,74,75,78,79,80);4-6H2,1-3H3. The van der Waals surface area contributed by atoms with Crippen LogP contribution in [0.1, 0.15) is 273 Å². The second kappa shape index (κ2) is 40.7. The van der Waals surface area contributed by atoms with Crippen LogP contribution in [0.4, 0.5) is 5.69 Å². The highest BCUT2D eigenvalue weighted by Crippen LogP contribution is 2.49. The van der Waals surface area contributed by atoms with Gasteiger partial charge in [0.05, 0.1) is 28.6 Å². The van der Waals surface area contributed by atoms with Crippen LogP contribution in [0.15, 0.2) is 40.1 Å². The van der Waals surface area contributed by atoms with Gasteiger partial charge in [-0.05, 0) is 101 Å². The fraction of sp³-hybridized carbons (Fsp3) is 0.716. The molecule has 3 aromatic carbocycles. The van der Waals surface area contributed by atoms with Gasteiger partial charge in [-0.25, -0.2) is 30.7 Å². The number of phosphoric acid groups is 1. The van der Waals surface area contributed by atoms with Gasteiger partial charge in [0, 0.05) is 84.1 Å². The van der Waals surface area contributed by atoms with Crippen LogP contribution in [-0.2, 0) is 78.5 Å². The third-order valence-corrected chi connectivity index (χ3v) is 22.9. The van der Waals surface area contributed by atoms with Gasteiger partial charge in [-0.2, -0.15) is 0 Å². The van der Waals surface area contributed by atoms with E-state index in [0.29, 0.717) is 40.7 Å². The van der Waals surface area contributed by atoms with Crippen molar-refractivity contribution in [1.29, 1.82) is 0 Å². The number of hydrogen-bond donors (Lipinski definition) is 2. The average Bonchev–Trinajstić information content (AvgIpc) is 0.710. The lowest BCUT2D eigenvalue weighted by Crippen LogP contribution is -2.45. The molecule has 0 bridgehead atoms. The van der Waals surface area contributed by atoms with Crippen LogP contribution in [0, 0.1) is 0 Å². The number of ether oxygens (including phenoxy) is 3. The van der Waals surface area contributed by atoms with Gasteiger partial charge in [-0.15, -0.1) is 0 Å². The van der Waals surface area contributed by atoms with E-state index in [9.17, 15) is 40.4 Å². The minimum Gasteiger partial charge on any atom is -0.744 e. The van der Waals surface area contributed by atoms with Crippen molar-refractivity contribution in [3.63, 3.8) is 0 Å². The third-order valence-electron chi connectivity index (χ3n) is 19.6. The Labute approximate surface area is 570 Å². The molecule has 2 unspecified atom stereocenters. The fourth-order valence-corrected chi connectivity index (χ4v) is 17.0. The van der Waals surface area contributed by atoms with Gasteiger partial charge in [0.1, 0.15) is 41.3 Å². The zero-order chi connectivity index (χ0) is 68.1. The molecular weight excluding hydrogens is 1260 g/mol. The average molecular weight is 1380 g/mol. The predicted octanol–water partition coefficient (Wildman–Crippen LogP) is 14.2. The van der Waals surface area contributed by atoms with E-state index in [1.165, 1.54) is 141 Å². The second-order valence-corrected chi connectivity index (χ2v) is 31.4. The molecule has 0 saturated heterocycles. The van der Waals surface area contributed by atoms with Crippen LogP contribution in [0.5, 0.6) is 11.5 Å². The Morgan fingerprint density at radius 3 is 1.72 bits per heavy atom. The van der Waals surface area contributed by atoms with Crippen molar-refractivity contribution in [3.05, 3.63) is 74.3 Å². The fourth-order valence-electron chi connectivity index (χ4n) is 14.4. The molecule has 5 heterocycles. The quantitative estimate of drug-likeness (QED) is 0.0138. The first-order valence-electron chi connectivity index (χ1n) is 37.2. The predicted molar refractivity (Wildman–Crippen MR) is 377 cm³/mol. The lowest BCUT2D eigenvalue weighted by molar-refractivity contribution is -0.161. The first-order chi connectivity index (χ1) is 45.9. The molecule has 5 aliphatic rings. The highest BCUT2D eigenvalue weighted by atomic mass is 32.2. The number of phosphoric ester groups is 1. The van der Waals surface area contributed by atoms with E-state index in [1.807, 2.05) is 0 Å². The van der Waals surface area contributed by atoms with E-state index in [0.717, 1.165) is 162 Å². The Balaban J connectivity index is 0.00000172. The number of fused-ring (bicyclic) bond motifs is 4. The molecule has 18 nitrogen and oxygen atoms in total. The third kappa shape index (κ3) is 24.3. The molecular formula is C74H117N4O14PS2. The molecule has 3 aromatic rings. The lowest BCUT2D eigenvalue weighted by atomic mass is 9.82. The minimum atomic E-state index is -5.33. The summed E-state index contributed by atoms with van der Waals surface area (Å²) in [4.78, 5) is 40.3. The summed E-state index contributed by atoms with van der Waals surface area (Å²) in [6, 6.07) is 7.67. The van der Waals surface area contributed by atoms with Crippen LogP contribution >= 0.6 is 7.82 Å². The molecule has 21 heteroatoms. The molecule has 8 rings (SSSR count). The molecule has 95 heavy (non-hydrogen) atoms. The van der Waals surface area contributed by atoms with E-state index < -0.39 is 82.2 Å². The molecule has 0 aliphatic carbocycles. The molecule has 0 radical (unpaired) electrons. The zero-order valence-electron chi connectivity index (χ0n) is 58.6. The lowest BCUT2D eigenvalue weighted by Gasteiger charge is -2.39. The monoisotopic (exact) mass is 1380 g/mol. The number of sulfonamides is 1. The summed E-state index contributed by atoms with van der Waals surface area (Å²) in [5.41, 5.74) is 6.78. The summed E-state index contributed by atoms with van der Waals surface area (Å²) >= 11 is 0. The highest BCUT2D eigenvalue weighted by molar-refractivity contribution is 7.89. The van der Waals surface area contributed by atoms with E-state index in [4.69, 9.17) is 23.3 Å². The first-order valence-corrected chi connectivity index (χ1v) is 41.5. The number of nitrogens with zero attached hydrogens (tertiary/aromatic N) is 3. The number of nitrogens with one attached hydrogen (secondary N) is 1. The van der Waals surface area contributed by atoms with Crippen molar-refractivity contribution < 1.29 is 63.7 Å². The Bertz CT molecular complexity index is 3330.